The topological polar surface area (TPSA) is 51.8 Å². The van der Waals surface area contributed by atoms with Gasteiger partial charge in [0.2, 0.25) is 0 Å². The van der Waals surface area contributed by atoms with E-state index in [-0.39, 0.29) is 6.04 Å². The molecule has 3 nitrogen and oxygen atoms in total. The summed E-state index contributed by atoms with van der Waals surface area (Å²) in [6.07, 6.45) is 7.26. The summed E-state index contributed by atoms with van der Waals surface area (Å²) in [5, 5.41) is 0. The lowest BCUT2D eigenvalue weighted by Crippen LogP contribution is -2.11. The van der Waals surface area contributed by atoms with Gasteiger partial charge in [-0.15, -0.1) is 0 Å². The predicted octanol–water partition coefficient (Wildman–Crippen LogP) is 1.91. The molecule has 0 aliphatic carbocycles. The van der Waals surface area contributed by atoms with Crippen molar-refractivity contribution in [3.8, 4) is 0 Å². The summed E-state index contributed by atoms with van der Waals surface area (Å²) in [7, 11) is 0. The summed E-state index contributed by atoms with van der Waals surface area (Å²) in [4.78, 5) is 7.88. The third kappa shape index (κ3) is 3.51. The molecule has 1 unspecified atom stereocenters. The van der Waals surface area contributed by atoms with E-state index in [2.05, 4.69) is 23.8 Å². The van der Waals surface area contributed by atoms with Crippen molar-refractivity contribution in [1.82, 2.24) is 9.97 Å². The van der Waals surface area contributed by atoms with Gasteiger partial charge in [-0.1, -0.05) is 13.8 Å². The lowest BCUT2D eigenvalue weighted by molar-refractivity contribution is 0.506. The molecule has 0 bridgehead atoms. The highest BCUT2D eigenvalue weighted by Gasteiger charge is 2.06. The van der Waals surface area contributed by atoms with E-state index in [1.54, 1.807) is 12.4 Å². The minimum atomic E-state index is 0.0867. The van der Waals surface area contributed by atoms with Crippen molar-refractivity contribution in [3.05, 3.63) is 24.3 Å². The Morgan fingerprint density at radius 1 is 1.23 bits per heavy atom. The molecule has 0 spiro atoms. The molecule has 1 rings (SSSR count). The van der Waals surface area contributed by atoms with Gasteiger partial charge in [0.25, 0.3) is 0 Å². The highest BCUT2D eigenvalue weighted by Crippen LogP contribution is 2.16. The van der Waals surface area contributed by atoms with Crippen LogP contribution in [0.15, 0.2) is 18.7 Å². The van der Waals surface area contributed by atoms with Crippen molar-refractivity contribution >= 4 is 0 Å². The summed E-state index contributed by atoms with van der Waals surface area (Å²) in [5.41, 5.74) is 6.99. The van der Waals surface area contributed by atoms with E-state index < -0.39 is 0 Å². The van der Waals surface area contributed by atoms with Crippen LogP contribution in [-0.4, -0.2) is 9.97 Å². The lowest BCUT2D eigenvalue weighted by atomic mass is 10.0. The number of rotatable bonds is 4. The summed E-state index contributed by atoms with van der Waals surface area (Å²) in [6, 6.07) is 0.0867. The Labute approximate surface area is 79.4 Å². The Morgan fingerprint density at radius 3 is 2.38 bits per heavy atom. The second-order valence-corrected chi connectivity index (χ2v) is 3.75. The van der Waals surface area contributed by atoms with Gasteiger partial charge in [-0.2, -0.15) is 0 Å². The zero-order chi connectivity index (χ0) is 9.68. The van der Waals surface area contributed by atoms with E-state index >= 15 is 0 Å². The van der Waals surface area contributed by atoms with Crippen LogP contribution >= 0.6 is 0 Å². The molecule has 0 saturated heterocycles. The van der Waals surface area contributed by atoms with Gasteiger partial charge in [-0.25, -0.2) is 9.97 Å². The molecule has 0 saturated carbocycles. The maximum absolute atomic E-state index is 5.96. The fourth-order valence-electron chi connectivity index (χ4n) is 1.18. The lowest BCUT2D eigenvalue weighted by Gasteiger charge is -2.11. The van der Waals surface area contributed by atoms with Gasteiger partial charge in [0.05, 0.1) is 0 Å². The highest BCUT2D eigenvalue weighted by molar-refractivity contribution is 5.07. The van der Waals surface area contributed by atoms with Crippen LogP contribution in [0.4, 0.5) is 0 Å². The summed E-state index contributed by atoms with van der Waals surface area (Å²) >= 11 is 0. The monoisotopic (exact) mass is 179 g/mol. The van der Waals surface area contributed by atoms with Crippen LogP contribution in [0.3, 0.4) is 0 Å². The highest BCUT2D eigenvalue weighted by atomic mass is 14.8. The maximum Gasteiger partial charge on any atom is 0.115 e. The van der Waals surface area contributed by atoms with Crippen LogP contribution in [0, 0.1) is 5.92 Å². The minimum Gasteiger partial charge on any atom is -0.324 e. The van der Waals surface area contributed by atoms with Crippen LogP contribution < -0.4 is 5.73 Å². The van der Waals surface area contributed by atoms with E-state index in [1.165, 1.54) is 6.33 Å². The van der Waals surface area contributed by atoms with Crippen molar-refractivity contribution in [2.75, 3.05) is 0 Å². The molecular formula is C10H17N3. The molecule has 1 aromatic heterocycles. The predicted molar refractivity (Wildman–Crippen MR) is 53.0 cm³/mol. The zero-order valence-corrected chi connectivity index (χ0v) is 8.27. The van der Waals surface area contributed by atoms with E-state index in [4.69, 9.17) is 5.73 Å². The van der Waals surface area contributed by atoms with Gasteiger partial charge in [-0.3, -0.25) is 0 Å². The van der Waals surface area contributed by atoms with Gasteiger partial charge >= 0.3 is 0 Å². The average Bonchev–Trinajstić information content (AvgIpc) is 2.15. The molecule has 0 amide bonds. The molecule has 0 aliphatic heterocycles. The van der Waals surface area contributed by atoms with Gasteiger partial charge in [0.15, 0.2) is 0 Å². The standard InChI is InChI=1S/C10H17N3/c1-8(2)3-4-10(11)9-5-12-7-13-6-9/h5-8,10H,3-4,11H2,1-2H3. The van der Waals surface area contributed by atoms with Crippen LogP contribution in [0.5, 0.6) is 0 Å². The second-order valence-electron chi connectivity index (χ2n) is 3.75. The van der Waals surface area contributed by atoms with E-state index in [9.17, 15) is 0 Å². The largest absolute Gasteiger partial charge is 0.324 e. The molecule has 1 atom stereocenters. The SMILES string of the molecule is CC(C)CCC(N)c1cncnc1. The van der Waals surface area contributed by atoms with Crippen molar-refractivity contribution in [3.63, 3.8) is 0 Å². The molecule has 0 radical (unpaired) electrons. The molecule has 0 fully saturated rings. The Balaban J connectivity index is 2.44. The first kappa shape index (κ1) is 10.1. The smallest absolute Gasteiger partial charge is 0.115 e. The van der Waals surface area contributed by atoms with Crippen LogP contribution in [0.25, 0.3) is 0 Å². The van der Waals surface area contributed by atoms with Crippen LogP contribution in [0.2, 0.25) is 0 Å². The van der Waals surface area contributed by atoms with Crippen molar-refractivity contribution < 1.29 is 0 Å². The molecule has 0 aliphatic rings. The van der Waals surface area contributed by atoms with E-state index in [0.29, 0.717) is 5.92 Å². The average molecular weight is 179 g/mol. The number of nitrogens with zero attached hydrogens (tertiary/aromatic N) is 2. The van der Waals surface area contributed by atoms with E-state index in [0.717, 1.165) is 18.4 Å². The van der Waals surface area contributed by atoms with Crippen molar-refractivity contribution in [2.24, 2.45) is 11.7 Å². The first-order valence-electron chi connectivity index (χ1n) is 4.70. The van der Waals surface area contributed by atoms with E-state index in [1.807, 2.05) is 0 Å². The molecule has 1 heterocycles. The molecular weight excluding hydrogens is 162 g/mol. The minimum absolute atomic E-state index is 0.0867. The summed E-state index contributed by atoms with van der Waals surface area (Å²) in [5.74, 6) is 0.704. The Hall–Kier alpha value is -0.960. The van der Waals surface area contributed by atoms with Gasteiger partial charge in [0, 0.05) is 24.0 Å². The number of hydrogen-bond donors (Lipinski definition) is 1. The summed E-state index contributed by atoms with van der Waals surface area (Å²) in [6.45, 7) is 4.41. The Bertz CT molecular complexity index is 233. The molecule has 13 heavy (non-hydrogen) atoms. The number of aromatic nitrogens is 2. The fourth-order valence-corrected chi connectivity index (χ4v) is 1.18. The molecule has 1 aromatic rings. The molecule has 0 aromatic carbocycles. The van der Waals surface area contributed by atoms with Gasteiger partial charge < -0.3 is 5.73 Å². The summed E-state index contributed by atoms with van der Waals surface area (Å²) < 4.78 is 0. The van der Waals surface area contributed by atoms with Crippen molar-refractivity contribution in [2.45, 2.75) is 32.7 Å². The first-order chi connectivity index (χ1) is 6.20. The number of hydrogen-bond acceptors (Lipinski definition) is 3. The van der Waals surface area contributed by atoms with Crippen LogP contribution in [-0.2, 0) is 0 Å². The van der Waals surface area contributed by atoms with Crippen molar-refractivity contribution in [1.29, 1.82) is 0 Å². The quantitative estimate of drug-likeness (QED) is 0.768. The Morgan fingerprint density at radius 2 is 1.85 bits per heavy atom. The zero-order valence-electron chi connectivity index (χ0n) is 8.27. The Kier molecular flexibility index (Phi) is 3.83. The molecule has 3 heteroatoms. The molecule has 72 valence electrons. The third-order valence-corrected chi connectivity index (χ3v) is 2.06. The second kappa shape index (κ2) is 4.92. The normalized spacial score (nSPS) is 13.2. The maximum atomic E-state index is 5.96. The first-order valence-corrected chi connectivity index (χ1v) is 4.70. The fraction of sp³-hybridized carbons (Fsp3) is 0.600. The van der Waals surface area contributed by atoms with Gasteiger partial charge in [0.1, 0.15) is 6.33 Å². The molecule has 2 N–H and O–H groups in total. The number of nitrogens with two attached hydrogens (primary N) is 1. The van der Waals surface area contributed by atoms with Gasteiger partial charge in [-0.05, 0) is 18.8 Å². The third-order valence-electron chi connectivity index (χ3n) is 2.06. The van der Waals surface area contributed by atoms with Crippen LogP contribution in [0.1, 0.15) is 38.3 Å².